The largest absolute Gasteiger partial charge is 0.586 e. The molecule has 4 heterocycles. The molecule has 14 heteroatoms. The quantitative estimate of drug-likeness (QED) is 0.111. The number of Topliss-reactive ketones (excluding diaryl/α,β-unsaturated/α-hetero) is 2. The Kier molecular flexibility index (Phi) is 11.1. The number of fused-ring (bicyclic) bond motifs is 1. The van der Waals surface area contributed by atoms with Crippen LogP contribution in [0.4, 0.5) is 20.5 Å². The number of aryl methyl sites for hydroxylation is 2. The Morgan fingerprint density at radius 3 is 2.40 bits per heavy atom. The van der Waals surface area contributed by atoms with Gasteiger partial charge < -0.3 is 24.1 Å². The number of aromatic nitrogens is 1. The maximum absolute atomic E-state index is 13.9. The molecule has 3 fully saturated rings. The van der Waals surface area contributed by atoms with Gasteiger partial charge in [0.15, 0.2) is 17.3 Å². The second kappa shape index (κ2) is 16.5. The number of hydrogen-bond donors (Lipinski definition) is 1. The van der Waals surface area contributed by atoms with Crippen LogP contribution >= 0.6 is 0 Å². The Balaban J connectivity index is 0.842. The minimum absolute atomic E-state index is 0.0419. The van der Waals surface area contributed by atoms with E-state index >= 15 is 0 Å². The number of furan rings is 1. The van der Waals surface area contributed by atoms with Gasteiger partial charge in [-0.1, -0.05) is 49.8 Å². The third-order valence-corrected chi connectivity index (χ3v) is 12.2. The van der Waals surface area contributed by atoms with Crippen LogP contribution in [0.2, 0.25) is 0 Å². The Hall–Kier alpha value is -6.18. The van der Waals surface area contributed by atoms with E-state index in [1.54, 1.807) is 24.3 Å². The summed E-state index contributed by atoms with van der Waals surface area (Å²) < 4.78 is 42.3. The first-order valence-corrected chi connectivity index (χ1v) is 20.5. The van der Waals surface area contributed by atoms with Gasteiger partial charge in [0.25, 0.3) is 0 Å². The van der Waals surface area contributed by atoms with E-state index in [4.69, 9.17) is 9.40 Å². The molecule has 12 nitrogen and oxygen atoms in total. The van der Waals surface area contributed by atoms with Gasteiger partial charge in [-0.15, -0.1) is 8.78 Å². The molecule has 2 aliphatic heterocycles. The molecule has 0 radical (unpaired) electrons. The summed E-state index contributed by atoms with van der Waals surface area (Å²) in [6.07, 6.45) is 3.56. The molecule has 4 aliphatic rings. The van der Waals surface area contributed by atoms with Crippen LogP contribution in [0, 0.1) is 18.8 Å². The maximum atomic E-state index is 13.9. The van der Waals surface area contributed by atoms with Crippen LogP contribution in [-0.2, 0) is 31.0 Å². The molecule has 2 aromatic heterocycles. The van der Waals surface area contributed by atoms with Crippen molar-refractivity contribution in [2.75, 3.05) is 29.9 Å². The number of hydrogen-bond acceptors (Lipinski definition) is 9. The van der Waals surface area contributed by atoms with E-state index in [1.165, 1.54) is 28.0 Å². The van der Waals surface area contributed by atoms with Gasteiger partial charge in [-0.2, -0.15) is 0 Å². The maximum Gasteiger partial charge on any atom is 0.586 e. The topological polar surface area (TPSA) is 148 Å². The van der Waals surface area contributed by atoms with Crippen LogP contribution in [0.5, 0.6) is 11.5 Å². The monoisotopic (exact) mass is 820 g/mol. The lowest BCUT2D eigenvalue weighted by Crippen LogP contribution is -2.52. The molecule has 0 atom stereocenters. The van der Waals surface area contributed by atoms with Gasteiger partial charge in [-0.25, -0.2) is 4.98 Å². The number of nitrogens with zero attached hydrogens (tertiary/aromatic N) is 3. The Morgan fingerprint density at radius 2 is 1.67 bits per heavy atom. The SMILES string of the molecule is C=CC(=O)N1CCN(c2ccc(CCC(=O)C3CCCC(C(=O)c4cccc(-c5nc(NC(=O)C6(c7ccc8c(c7)OC(F)(F)O8)CC6)ccc5C)c4)CCC3)o2)C(=O)C1. The second-order valence-corrected chi connectivity index (χ2v) is 16.1. The van der Waals surface area contributed by atoms with Crippen LogP contribution in [0.25, 0.3) is 11.3 Å². The van der Waals surface area contributed by atoms with Gasteiger partial charge in [0.05, 0.1) is 11.1 Å². The second-order valence-electron chi connectivity index (χ2n) is 16.1. The molecular formula is C46H46F2N4O8. The first kappa shape index (κ1) is 40.6. The van der Waals surface area contributed by atoms with Gasteiger partial charge in [-0.3, -0.25) is 28.9 Å². The molecule has 1 N–H and O–H groups in total. The summed E-state index contributed by atoms with van der Waals surface area (Å²) in [5.41, 5.74) is 2.45. The Labute approximate surface area is 345 Å². The molecule has 8 rings (SSSR count). The van der Waals surface area contributed by atoms with Gasteiger partial charge in [-0.05, 0) is 93.0 Å². The molecule has 312 valence electrons. The van der Waals surface area contributed by atoms with Crippen LogP contribution in [0.15, 0.2) is 83.8 Å². The molecule has 60 heavy (non-hydrogen) atoms. The van der Waals surface area contributed by atoms with Crippen LogP contribution in [0.3, 0.4) is 0 Å². The summed E-state index contributed by atoms with van der Waals surface area (Å²) in [6, 6.07) is 18.9. The lowest BCUT2D eigenvalue weighted by atomic mass is 9.80. The third-order valence-electron chi connectivity index (χ3n) is 12.2. The Morgan fingerprint density at radius 1 is 0.917 bits per heavy atom. The fourth-order valence-corrected chi connectivity index (χ4v) is 8.61. The number of halogens is 2. The zero-order chi connectivity index (χ0) is 42.2. The van der Waals surface area contributed by atoms with Crippen molar-refractivity contribution in [2.24, 2.45) is 11.8 Å². The fourth-order valence-electron chi connectivity index (χ4n) is 8.61. The molecule has 3 amide bonds. The number of carbonyl (C=O) groups excluding carboxylic acids is 5. The normalized spacial score (nSPS) is 20.5. The fraction of sp³-hybridized carbons (Fsp3) is 0.391. The molecular weight excluding hydrogens is 775 g/mol. The lowest BCUT2D eigenvalue weighted by Gasteiger charge is -2.32. The standard InChI is InChI=1S/C46H46F2N4O8/c1-3-39(54)51-23-24-52(40(55)27-51)41-20-16-34(58-41)15-17-35(53)29-7-4-9-30(10-5-8-29)43(56)32-12-6-11-31(25-32)42-28(2)13-19-38(49-42)50-44(57)45(21-22-45)33-14-18-36-37(26-33)60-46(47,48)59-36/h3,6,11-14,16,18-20,25-26,29-30H,1,4-5,7-10,15,17,21-24,27H2,2H3,(H,49,50,57). The number of piperazine rings is 1. The predicted molar refractivity (Wildman–Crippen MR) is 217 cm³/mol. The molecule has 2 aromatic carbocycles. The highest BCUT2D eigenvalue weighted by Crippen LogP contribution is 2.52. The highest BCUT2D eigenvalue weighted by molar-refractivity contribution is 6.02. The van der Waals surface area contributed by atoms with Crippen molar-refractivity contribution < 1.29 is 46.6 Å². The molecule has 1 saturated heterocycles. The van der Waals surface area contributed by atoms with Gasteiger partial charge in [0, 0.05) is 55.0 Å². The minimum atomic E-state index is -3.75. The number of nitrogens with one attached hydrogen (secondary N) is 1. The summed E-state index contributed by atoms with van der Waals surface area (Å²) in [4.78, 5) is 73.2. The van der Waals surface area contributed by atoms with Crippen molar-refractivity contribution in [3.8, 4) is 22.8 Å². The molecule has 0 spiro atoms. The highest BCUT2D eigenvalue weighted by atomic mass is 19.3. The van der Waals surface area contributed by atoms with Crippen molar-refractivity contribution in [1.29, 1.82) is 0 Å². The summed E-state index contributed by atoms with van der Waals surface area (Å²) >= 11 is 0. The zero-order valence-electron chi connectivity index (χ0n) is 33.3. The number of rotatable bonds is 12. The number of ketones is 2. The third kappa shape index (κ3) is 8.45. The average molecular weight is 821 g/mol. The van der Waals surface area contributed by atoms with Gasteiger partial charge in [0.1, 0.15) is 23.9 Å². The number of carbonyl (C=O) groups is 5. The first-order valence-electron chi connectivity index (χ1n) is 20.5. The molecule has 2 aliphatic carbocycles. The molecule has 0 bridgehead atoms. The van der Waals surface area contributed by atoms with Crippen molar-refractivity contribution in [3.63, 3.8) is 0 Å². The molecule has 0 unspecified atom stereocenters. The number of pyridine rings is 1. The number of alkyl halides is 2. The lowest BCUT2D eigenvalue weighted by molar-refractivity contribution is -0.286. The number of ether oxygens (including phenoxy) is 2. The van der Waals surface area contributed by atoms with Gasteiger partial charge >= 0.3 is 6.29 Å². The number of anilines is 2. The first-order chi connectivity index (χ1) is 28.8. The van der Waals surface area contributed by atoms with E-state index in [0.717, 1.165) is 24.0 Å². The van der Waals surface area contributed by atoms with Crippen LogP contribution < -0.4 is 19.7 Å². The van der Waals surface area contributed by atoms with Crippen LogP contribution in [-0.4, -0.2) is 65.1 Å². The molecule has 4 aromatic rings. The van der Waals surface area contributed by atoms with Crippen molar-refractivity contribution in [3.05, 3.63) is 102 Å². The number of benzene rings is 2. The van der Waals surface area contributed by atoms with Crippen molar-refractivity contribution in [2.45, 2.75) is 82.8 Å². The van der Waals surface area contributed by atoms with Crippen LogP contribution in [0.1, 0.15) is 85.0 Å². The Bertz CT molecular complexity index is 2360. The van der Waals surface area contributed by atoms with Gasteiger partial charge in [0.2, 0.25) is 23.6 Å². The van der Waals surface area contributed by atoms with E-state index in [9.17, 15) is 32.8 Å². The van der Waals surface area contributed by atoms with Crippen molar-refractivity contribution in [1.82, 2.24) is 9.88 Å². The number of amides is 3. The van der Waals surface area contributed by atoms with Crippen molar-refractivity contribution >= 4 is 41.0 Å². The summed E-state index contributed by atoms with van der Waals surface area (Å²) in [5, 5.41) is 2.92. The summed E-state index contributed by atoms with van der Waals surface area (Å²) in [7, 11) is 0. The summed E-state index contributed by atoms with van der Waals surface area (Å²) in [5.74, 6) is 0.323. The van der Waals surface area contributed by atoms with E-state index in [-0.39, 0.29) is 59.2 Å². The smallest absolute Gasteiger partial charge is 0.445 e. The average Bonchev–Trinajstić information content (AvgIpc) is 3.80. The van der Waals surface area contributed by atoms with E-state index in [0.29, 0.717) is 98.7 Å². The van der Waals surface area contributed by atoms with E-state index in [2.05, 4.69) is 21.4 Å². The summed E-state index contributed by atoms with van der Waals surface area (Å²) in [6.45, 7) is 6.05. The van der Waals surface area contributed by atoms with E-state index < -0.39 is 11.7 Å². The predicted octanol–water partition coefficient (Wildman–Crippen LogP) is 7.97. The zero-order valence-corrected chi connectivity index (χ0v) is 33.3. The highest BCUT2D eigenvalue weighted by Gasteiger charge is 2.53. The molecule has 2 saturated carbocycles. The van der Waals surface area contributed by atoms with E-state index in [1.807, 2.05) is 37.3 Å². The minimum Gasteiger partial charge on any atom is -0.445 e.